The fourth-order valence-electron chi connectivity index (χ4n) is 2.13. The van der Waals surface area contributed by atoms with Crippen molar-refractivity contribution in [2.24, 2.45) is 4.99 Å². The third-order valence-electron chi connectivity index (χ3n) is 3.11. The van der Waals surface area contributed by atoms with E-state index in [9.17, 15) is 0 Å². The van der Waals surface area contributed by atoms with Crippen LogP contribution < -0.4 is 10.6 Å². The van der Waals surface area contributed by atoms with Crippen molar-refractivity contribution < 1.29 is 0 Å². The molecule has 0 spiro atoms. The first-order valence-electron chi connectivity index (χ1n) is 7.38. The van der Waals surface area contributed by atoms with E-state index in [0.29, 0.717) is 0 Å². The van der Waals surface area contributed by atoms with Gasteiger partial charge in [-0.1, -0.05) is 18.2 Å². The van der Waals surface area contributed by atoms with Crippen molar-refractivity contribution in [3.05, 3.63) is 43.2 Å². The number of aliphatic imine (C=N–C) groups is 1. The molecule has 0 amide bonds. The van der Waals surface area contributed by atoms with Gasteiger partial charge >= 0.3 is 0 Å². The fraction of sp³-hybridized carbons (Fsp3) is 0.375. The molecule has 1 aromatic heterocycles. The van der Waals surface area contributed by atoms with Crippen LogP contribution in [0.3, 0.4) is 0 Å². The number of halogens is 1. The molecule has 0 aliphatic heterocycles. The van der Waals surface area contributed by atoms with Crippen LogP contribution in [0.5, 0.6) is 0 Å². The largest absolute Gasteiger partial charge is 0.357 e. The monoisotopic (exact) mass is 413 g/mol. The third kappa shape index (κ3) is 5.32. The number of aryl methyl sites for hydroxylation is 1. The quantitative estimate of drug-likeness (QED) is 0.241. The molecule has 0 atom stereocenters. The molecule has 0 radical (unpaired) electrons. The van der Waals surface area contributed by atoms with Gasteiger partial charge in [-0.25, -0.2) is 4.98 Å². The van der Waals surface area contributed by atoms with Crippen LogP contribution in [0.1, 0.15) is 13.3 Å². The number of nitrogens with one attached hydrogen (secondary N) is 2. The van der Waals surface area contributed by atoms with E-state index >= 15 is 0 Å². The first-order valence-corrected chi connectivity index (χ1v) is 7.38. The number of benzene rings is 1. The van der Waals surface area contributed by atoms with E-state index < -0.39 is 0 Å². The van der Waals surface area contributed by atoms with Gasteiger partial charge in [0.2, 0.25) is 0 Å². The summed E-state index contributed by atoms with van der Waals surface area (Å²) < 4.78 is 2.18. The summed E-state index contributed by atoms with van der Waals surface area (Å²) in [6.45, 7) is 9.03. The maximum Gasteiger partial charge on any atom is 0.191 e. The molecule has 0 saturated carbocycles. The van der Waals surface area contributed by atoms with E-state index in [-0.39, 0.29) is 24.0 Å². The smallest absolute Gasteiger partial charge is 0.191 e. The Labute approximate surface area is 148 Å². The Bertz CT molecular complexity index is 605. The molecule has 2 rings (SSSR count). The molecule has 0 bridgehead atoms. The van der Waals surface area contributed by atoms with Gasteiger partial charge in [-0.15, -0.1) is 30.6 Å². The second-order valence-corrected chi connectivity index (χ2v) is 4.71. The molecule has 0 aliphatic carbocycles. The first kappa shape index (κ1) is 18.5. The average molecular weight is 413 g/mol. The average Bonchev–Trinajstić information content (AvgIpc) is 2.92. The van der Waals surface area contributed by atoms with Gasteiger partial charge in [-0.2, -0.15) is 0 Å². The number of hydrogen-bond donors (Lipinski definition) is 2. The van der Waals surface area contributed by atoms with Crippen molar-refractivity contribution >= 4 is 41.0 Å². The number of nitrogens with zero attached hydrogens (tertiary/aromatic N) is 3. The summed E-state index contributed by atoms with van der Waals surface area (Å²) in [6, 6.07) is 8.19. The standard InChI is InChI=1S/C16H23N5.HI/c1-3-10-18-16(17-4-2)19-11-7-12-21-13-20-14-8-5-6-9-15(14)21;/h3,5-6,8-9,13H,1,4,7,10-12H2,2H3,(H2,17,18,19);1H. The van der Waals surface area contributed by atoms with Crippen molar-refractivity contribution in [1.82, 2.24) is 20.2 Å². The lowest BCUT2D eigenvalue weighted by Gasteiger charge is -2.09. The molecule has 22 heavy (non-hydrogen) atoms. The van der Waals surface area contributed by atoms with Crippen LogP contribution in [-0.2, 0) is 6.54 Å². The highest BCUT2D eigenvalue weighted by atomic mass is 127. The maximum absolute atomic E-state index is 4.54. The highest BCUT2D eigenvalue weighted by molar-refractivity contribution is 14.0. The summed E-state index contributed by atoms with van der Waals surface area (Å²) in [5.74, 6) is 0.841. The Balaban J connectivity index is 0.00000242. The lowest BCUT2D eigenvalue weighted by atomic mass is 10.3. The Hall–Kier alpha value is -1.57. The van der Waals surface area contributed by atoms with Crippen molar-refractivity contribution in [1.29, 1.82) is 0 Å². The SMILES string of the molecule is C=CCNC(=NCCCn1cnc2ccccc21)NCC.I. The predicted octanol–water partition coefficient (Wildman–Crippen LogP) is 2.79. The summed E-state index contributed by atoms with van der Waals surface area (Å²) in [5, 5.41) is 6.41. The molecule has 0 saturated heterocycles. The van der Waals surface area contributed by atoms with Crippen LogP contribution >= 0.6 is 24.0 Å². The molecule has 6 heteroatoms. The number of imidazole rings is 1. The Morgan fingerprint density at radius 1 is 1.36 bits per heavy atom. The van der Waals surface area contributed by atoms with Crippen molar-refractivity contribution in [3.8, 4) is 0 Å². The van der Waals surface area contributed by atoms with Crippen LogP contribution in [0.2, 0.25) is 0 Å². The van der Waals surface area contributed by atoms with Gasteiger partial charge in [0.15, 0.2) is 5.96 Å². The highest BCUT2D eigenvalue weighted by Crippen LogP contribution is 2.11. The summed E-state index contributed by atoms with van der Waals surface area (Å²) in [7, 11) is 0. The summed E-state index contributed by atoms with van der Waals surface area (Å²) in [6.07, 6.45) is 4.70. The summed E-state index contributed by atoms with van der Waals surface area (Å²) in [5.41, 5.74) is 2.22. The molecule has 120 valence electrons. The minimum Gasteiger partial charge on any atom is -0.357 e. The molecule has 1 aromatic carbocycles. The zero-order valence-corrected chi connectivity index (χ0v) is 15.3. The normalized spacial score (nSPS) is 11.0. The van der Waals surface area contributed by atoms with Gasteiger partial charge in [-0.3, -0.25) is 4.99 Å². The molecular weight excluding hydrogens is 389 g/mol. The number of aromatic nitrogens is 2. The third-order valence-corrected chi connectivity index (χ3v) is 3.11. The van der Waals surface area contributed by atoms with E-state index in [1.54, 1.807) is 0 Å². The summed E-state index contributed by atoms with van der Waals surface area (Å²) >= 11 is 0. The second kappa shape index (κ2) is 10.2. The van der Waals surface area contributed by atoms with E-state index in [0.717, 1.165) is 44.1 Å². The van der Waals surface area contributed by atoms with E-state index in [4.69, 9.17) is 0 Å². The Morgan fingerprint density at radius 3 is 2.95 bits per heavy atom. The molecule has 0 aliphatic rings. The number of rotatable bonds is 7. The van der Waals surface area contributed by atoms with Gasteiger partial charge < -0.3 is 15.2 Å². The summed E-state index contributed by atoms with van der Waals surface area (Å²) in [4.78, 5) is 8.94. The molecule has 2 aromatic rings. The Kier molecular flexibility index (Phi) is 8.57. The zero-order valence-electron chi connectivity index (χ0n) is 13.0. The zero-order chi connectivity index (χ0) is 14.9. The lowest BCUT2D eigenvalue weighted by molar-refractivity contribution is 0.663. The fourth-order valence-corrected chi connectivity index (χ4v) is 2.13. The van der Waals surface area contributed by atoms with Gasteiger partial charge in [0.05, 0.1) is 17.4 Å². The molecule has 2 N–H and O–H groups in total. The van der Waals surface area contributed by atoms with Crippen molar-refractivity contribution in [2.75, 3.05) is 19.6 Å². The number of hydrogen-bond acceptors (Lipinski definition) is 2. The number of guanidine groups is 1. The van der Waals surface area contributed by atoms with E-state index in [2.05, 4.69) is 44.7 Å². The van der Waals surface area contributed by atoms with E-state index in [1.165, 1.54) is 5.52 Å². The molecule has 0 unspecified atom stereocenters. The number of para-hydroxylation sites is 2. The van der Waals surface area contributed by atoms with Crippen LogP contribution in [0.4, 0.5) is 0 Å². The maximum atomic E-state index is 4.54. The van der Waals surface area contributed by atoms with Crippen LogP contribution in [-0.4, -0.2) is 35.1 Å². The first-order chi connectivity index (χ1) is 10.3. The minimum absolute atomic E-state index is 0. The van der Waals surface area contributed by atoms with Gasteiger partial charge in [-0.05, 0) is 25.5 Å². The molecular formula is C16H24IN5. The van der Waals surface area contributed by atoms with Crippen LogP contribution in [0.15, 0.2) is 48.2 Å². The van der Waals surface area contributed by atoms with Gasteiger partial charge in [0.1, 0.15) is 0 Å². The highest BCUT2D eigenvalue weighted by Gasteiger charge is 2.00. The number of fused-ring (bicyclic) bond motifs is 1. The molecule has 1 heterocycles. The van der Waals surface area contributed by atoms with Gasteiger partial charge in [0, 0.05) is 26.2 Å². The van der Waals surface area contributed by atoms with Gasteiger partial charge in [0.25, 0.3) is 0 Å². The van der Waals surface area contributed by atoms with E-state index in [1.807, 2.05) is 30.6 Å². The van der Waals surface area contributed by atoms with Crippen LogP contribution in [0.25, 0.3) is 11.0 Å². The Morgan fingerprint density at radius 2 is 2.18 bits per heavy atom. The molecule has 5 nitrogen and oxygen atoms in total. The van der Waals surface area contributed by atoms with Crippen LogP contribution in [0, 0.1) is 0 Å². The van der Waals surface area contributed by atoms with Crippen molar-refractivity contribution in [3.63, 3.8) is 0 Å². The minimum atomic E-state index is 0. The predicted molar refractivity (Wildman–Crippen MR) is 104 cm³/mol. The second-order valence-electron chi connectivity index (χ2n) is 4.71. The van der Waals surface area contributed by atoms with Crippen molar-refractivity contribution in [2.45, 2.75) is 19.9 Å². The molecule has 0 fully saturated rings. The lowest BCUT2D eigenvalue weighted by Crippen LogP contribution is -2.37. The topological polar surface area (TPSA) is 54.2 Å².